The van der Waals surface area contributed by atoms with E-state index >= 15 is 0 Å². The molecule has 0 bridgehead atoms. The van der Waals surface area contributed by atoms with Crippen molar-refractivity contribution in [2.75, 3.05) is 36.5 Å². The maximum Gasteiger partial charge on any atom is 0.267 e. The molecule has 3 aromatic rings. The van der Waals surface area contributed by atoms with Gasteiger partial charge in [-0.2, -0.15) is 9.97 Å². The van der Waals surface area contributed by atoms with E-state index in [1.807, 2.05) is 30.6 Å². The predicted octanol–water partition coefficient (Wildman–Crippen LogP) is 2.91. The largest absolute Gasteiger partial charge is 0.378 e. The Kier molecular flexibility index (Phi) is 6.68. The zero-order chi connectivity index (χ0) is 23.3. The zero-order valence-corrected chi connectivity index (χ0v) is 19.0. The molecule has 5 rings (SSSR count). The van der Waals surface area contributed by atoms with E-state index in [1.165, 1.54) is 18.9 Å². The third kappa shape index (κ3) is 4.87. The van der Waals surface area contributed by atoms with Crippen LogP contribution in [-0.2, 0) is 16.1 Å². The number of anilines is 2. The molecule has 178 valence electrons. The second kappa shape index (κ2) is 10.2. The number of benzene rings is 1. The molecule has 2 aromatic heterocycles. The van der Waals surface area contributed by atoms with Gasteiger partial charge in [0.2, 0.25) is 5.95 Å². The van der Waals surface area contributed by atoms with Crippen LogP contribution in [0.5, 0.6) is 0 Å². The fourth-order valence-corrected chi connectivity index (χ4v) is 4.58. The topological polar surface area (TPSA) is 117 Å². The van der Waals surface area contributed by atoms with Gasteiger partial charge in [0.05, 0.1) is 19.5 Å². The summed E-state index contributed by atoms with van der Waals surface area (Å²) in [7, 11) is 0. The number of carbonyl (C=O) groups is 1. The number of nitrogens with one attached hydrogen (secondary N) is 2. The summed E-state index contributed by atoms with van der Waals surface area (Å²) >= 11 is 0. The minimum atomic E-state index is -0.569. The molecule has 1 saturated carbocycles. The molecule has 0 radical (unpaired) electrons. The Morgan fingerprint density at radius 1 is 1.21 bits per heavy atom. The molecule has 1 amide bonds. The molecule has 0 unspecified atom stereocenters. The predicted molar refractivity (Wildman–Crippen MR) is 129 cm³/mol. The zero-order valence-electron chi connectivity index (χ0n) is 19.0. The van der Waals surface area contributed by atoms with Gasteiger partial charge in [-0.25, -0.2) is 10.5 Å². The Balaban J connectivity index is 1.43. The van der Waals surface area contributed by atoms with Gasteiger partial charge in [-0.15, -0.1) is 0 Å². The van der Waals surface area contributed by atoms with E-state index in [-0.39, 0.29) is 0 Å². The summed E-state index contributed by atoms with van der Waals surface area (Å²) < 4.78 is 7.73. The van der Waals surface area contributed by atoms with Crippen molar-refractivity contribution in [3.05, 3.63) is 47.8 Å². The van der Waals surface area contributed by atoms with E-state index < -0.39 is 5.91 Å². The van der Waals surface area contributed by atoms with Gasteiger partial charge in [-0.05, 0) is 36.1 Å². The molecule has 3 N–H and O–H groups in total. The van der Waals surface area contributed by atoms with Crippen LogP contribution in [0.3, 0.4) is 0 Å². The SMILES string of the molecule is O=C(/C=C/c1cccc(CNc2nc(N3CCOCC3)nc3c2ncn3C2CCCC2)c1)NO. The number of fused-ring (bicyclic) bond motifs is 1. The average Bonchev–Trinajstić information content (AvgIpc) is 3.56. The molecule has 0 spiro atoms. The van der Waals surface area contributed by atoms with Crippen molar-refractivity contribution in [1.82, 2.24) is 25.0 Å². The summed E-state index contributed by atoms with van der Waals surface area (Å²) in [6, 6.07) is 8.25. The van der Waals surface area contributed by atoms with E-state index in [9.17, 15) is 4.79 Å². The first-order valence-electron chi connectivity index (χ1n) is 11.7. The van der Waals surface area contributed by atoms with Crippen LogP contribution in [0.2, 0.25) is 0 Å². The summed E-state index contributed by atoms with van der Waals surface area (Å²) in [4.78, 5) is 27.9. The van der Waals surface area contributed by atoms with Crippen LogP contribution < -0.4 is 15.7 Å². The maximum absolute atomic E-state index is 11.3. The highest BCUT2D eigenvalue weighted by Gasteiger charge is 2.23. The van der Waals surface area contributed by atoms with E-state index in [2.05, 4.69) is 14.8 Å². The summed E-state index contributed by atoms with van der Waals surface area (Å²) in [5.74, 6) is 0.842. The number of hydrogen-bond acceptors (Lipinski definition) is 8. The highest BCUT2D eigenvalue weighted by Crippen LogP contribution is 2.33. The lowest BCUT2D eigenvalue weighted by Gasteiger charge is -2.27. The van der Waals surface area contributed by atoms with Crippen molar-refractivity contribution < 1.29 is 14.7 Å². The standard InChI is InChI=1S/C24H29N7O3/c32-20(29-33)9-8-17-4-3-5-18(14-17)15-25-22-21-23(31(16-26-21)19-6-1-2-7-19)28-24(27-22)30-10-12-34-13-11-30/h3-5,8-9,14,16,19,33H,1-2,6-7,10-13,15H2,(H,29,32)(H,25,27,28)/b9-8+. The summed E-state index contributed by atoms with van der Waals surface area (Å²) in [5, 5.41) is 12.1. The molecule has 1 aromatic carbocycles. The lowest BCUT2D eigenvalue weighted by molar-refractivity contribution is -0.124. The van der Waals surface area contributed by atoms with Crippen molar-refractivity contribution in [3.63, 3.8) is 0 Å². The molecule has 0 atom stereocenters. The van der Waals surface area contributed by atoms with E-state index in [0.717, 1.165) is 48.2 Å². The van der Waals surface area contributed by atoms with Crippen molar-refractivity contribution in [2.24, 2.45) is 0 Å². The van der Waals surface area contributed by atoms with Crippen LogP contribution in [0.1, 0.15) is 42.9 Å². The molecule has 3 heterocycles. The molecule has 2 aliphatic rings. The lowest BCUT2D eigenvalue weighted by atomic mass is 10.1. The van der Waals surface area contributed by atoms with Crippen molar-refractivity contribution >= 4 is 34.9 Å². The van der Waals surface area contributed by atoms with E-state index in [0.29, 0.717) is 37.6 Å². The quantitative estimate of drug-likeness (QED) is 0.278. The first kappa shape index (κ1) is 22.3. The fourth-order valence-electron chi connectivity index (χ4n) is 4.58. The van der Waals surface area contributed by atoms with E-state index in [1.54, 1.807) is 11.6 Å². The number of rotatable bonds is 7. The number of ether oxygens (including phenoxy) is 1. The van der Waals surface area contributed by atoms with Gasteiger partial charge < -0.3 is 19.5 Å². The summed E-state index contributed by atoms with van der Waals surface area (Å²) in [6.45, 7) is 3.40. The number of hydrogen-bond donors (Lipinski definition) is 3. The van der Waals surface area contributed by atoms with Gasteiger partial charge in [0.15, 0.2) is 17.0 Å². The van der Waals surface area contributed by atoms with Crippen LogP contribution in [0.4, 0.5) is 11.8 Å². The maximum atomic E-state index is 11.3. The van der Waals surface area contributed by atoms with Crippen LogP contribution in [-0.4, -0.2) is 56.9 Å². The lowest BCUT2D eigenvalue weighted by Crippen LogP contribution is -2.37. The average molecular weight is 464 g/mol. The van der Waals surface area contributed by atoms with Crippen molar-refractivity contribution in [2.45, 2.75) is 38.3 Å². The van der Waals surface area contributed by atoms with Crippen LogP contribution in [0, 0.1) is 0 Å². The second-order valence-electron chi connectivity index (χ2n) is 8.64. The van der Waals surface area contributed by atoms with Crippen LogP contribution in [0.25, 0.3) is 17.2 Å². The summed E-state index contributed by atoms with van der Waals surface area (Å²) in [6.07, 6.45) is 9.62. The molecule has 1 saturated heterocycles. The third-order valence-corrected chi connectivity index (χ3v) is 6.37. The first-order chi connectivity index (χ1) is 16.7. The van der Waals surface area contributed by atoms with Crippen molar-refractivity contribution in [1.29, 1.82) is 0 Å². The number of hydroxylamine groups is 1. The number of imidazole rings is 1. The molecule has 2 fully saturated rings. The third-order valence-electron chi connectivity index (χ3n) is 6.37. The Hall–Kier alpha value is -3.50. The number of carbonyl (C=O) groups excluding carboxylic acids is 1. The second-order valence-corrected chi connectivity index (χ2v) is 8.64. The smallest absolute Gasteiger partial charge is 0.267 e. The van der Waals surface area contributed by atoms with Gasteiger partial charge in [0.25, 0.3) is 5.91 Å². The van der Waals surface area contributed by atoms with Gasteiger partial charge in [-0.1, -0.05) is 31.0 Å². The van der Waals surface area contributed by atoms with Crippen LogP contribution >= 0.6 is 0 Å². The minimum Gasteiger partial charge on any atom is -0.378 e. The van der Waals surface area contributed by atoms with Gasteiger partial charge in [-0.3, -0.25) is 10.0 Å². The number of morpholine rings is 1. The Morgan fingerprint density at radius 2 is 2.03 bits per heavy atom. The van der Waals surface area contributed by atoms with Crippen molar-refractivity contribution in [3.8, 4) is 0 Å². The Morgan fingerprint density at radius 3 is 2.82 bits per heavy atom. The number of nitrogens with zero attached hydrogens (tertiary/aromatic N) is 5. The molecular formula is C24H29N7O3. The van der Waals surface area contributed by atoms with E-state index in [4.69, 9.17) is 24.9 Å². The molecule has 34 heavy (non-hydrogen) atoms. The highest BCUT2D eigenvalue weighted by atomic mass is 16.5. The van der Waals surface area contributed by atoms with Gasteiger partial charge >= 0.3 is 0 Å². The highest BCUT2D eigenvalue weighted by molar-refractivity contribution is 5.90. The Labute approximate surface area is 197 Å². The Bertz CT molecular complexity index is 1180. The summed E-state index contributed by atoms with van der Waals surface area (Å²) in [5.41, 5.74) is 5.13. The van der Waals surface area contributed by atoms with Crippen LogP contribution in [0.15, 0.2) is 36.7 Å². The molecular weight excluding hydrogens is 434 g/mol. The molecule has 1 aliphatic heterocycles. The van der Waals surface area contributed by atoms with Gasteiger partial charge in [0.1, 0.15) is 0 Å². The van der Waals surface area contributed by atoms with Gasteiger partial charge in [0, 0.05) is 31.8 Å². The minimum absolute atomic E-state index is 0.435. The molecule has 10 nitrogen and oxygen atoms in total. The molecule has 10 heteroatoms. The number of amides is 1. The molecule has 1 aliphatic carbocycles. The fraction of sp³-hybridized carbons (Fsp3) is 0.417. The monoisotopic (exact) mass is 463 g/mol. The first-order valence-corrected chi connectivity index (χ1v) is 11.7. The number of aromatic nitrogens is 4. The normalized spacial score (nSPS) is 17.0.